The Morgan fingerprint density at radius 1 is 1.10 bits per heavy atom. The van der Waals surface area contributed by atoms with Crippen LogP contribution in [0.5, 0.6) is 0 Å². The van der Waals surface area contributed by atoms with Gasteiger partial charge < -0.3 is 15.2 Å². The average Bonchev–Trinajstić information content (AvgIpc) is 3.11. The van der Waals surface area contributed by atoms with Gasteiger partial charge in [-0.05, 0) is 54.7 Å². The summed E-state index contributed by atoms with van der Waals surface area (Å²) in [5.74, 6) is 1.57. The van der Waals surface area contributed by atoms with Gasteiger partial charge in [0.05, 0.1) is 0 Å². The third-order valence-corrected chi connectivity index (χ3v) is 4.94. The first-order valence-corrected chi connectivity index (χ1v) is 9.80. The Kier molecular flexibility index (Phi) is 9.29. The molecule has 0 radical (unpaired) electrons. The predicted octanol–water partition coefficient (Wildman–Crippen LogP) is 4.21. The van der Waals surface area contributed by atoms with Gasteiger partial charge in [0.2, 0.25) is 0 Å². The first kappa shape index (κ1) is 23.9. The number of imidazole rings is 1. The molecule has 0 amide bonds. The fraction of sp³-hybridized carbons (Fsp3) is 0.304. The number of hydrogen-bond acceptors (Lipinski definition) is 2. The molecule has 0 saturated carbocycles. The summed E-state index contributed by atoms with van der Waals surface area (Å²) in [6.07, 6.45) is 4.63. The van der Waals surface area contributed by atoms with Gasteiger partial charge in [0.25, 0.3) is 0 Å². The van der Waals surface area contributed by atoms with Crippen molar-refractivity contribution < 1.29 is 4.39 Å². The molecule has 1 heterocycles. The minimum Gasteiger partial charge on any atom is -0.356 e. The lowest BCUT2D eigenvalue weighted by Crippen LogP contribution is -2.37. The molecule has 1 aromatic heterocycles. The molecule has 0 unspecified atom stereocenters. The Hall–Kier alpha value is -2.42. The smallest absolute Gasteiger partial charge is 0.191 e. The van der Waals surface area contributed by atoms with Gasteiger partial charge in [0.15, 0.2) is 5.96 Å². The van der Waals surface area contributed by atoms with Crippen LogP contribution in [0.2, 0.25) is 0 Å². The van der Waals surface area contributed by atoms with Crippen LogP contribution in [0, 0.1) is 19.7 Å². The average molecular weight is 521 g/mol. The number of halogens is 2. The van der Waals surface area contributed by atoms with E-state index in [1.807, 2.05) is 32.3 Å². The van der Waals surface area contributed by atoms with E-state index < -0.39 is 0 Å². The number of guanidine groups is 1. The molecule has 3 aromatic rings. The number of aliphatic imine (C=N–C) groups is 1. The van der Waals surface area contributed by atoms with E-state index in [9.17, 15) is 4.39 Å². The van der Waals surface area contributed by atoms with E-state index in [2.05, 4.69) is 49.4 Å². The van der Waals surface area contributed by atoms with Gasteiger partial charge in [-0.2, -0.15) is 0 Å². The van der Waals surface area contributed by atoms with Gasteiger partial charge in [-0.25, -0.2) is 9.37 Å². The number of hydrogen-bond donors (Lipinski definition) is 2. The largest absolute Gasteiger partial charge is 0.356 e. The predicted molar refractivity (Wildman–Crippen MR) is 131 cm³/mol. The van der Waals surface area contributed by atoms with Crippen molar-refractivity contribution in [2.45, 2.75) is 33.4 Å². The molecular formula is C23H29FIN5. The quantitative estimate of drug-likeness (QED) is 0.278. The SMILES string of the molecule is CN=C(NCCc1ccc(F)cc1C)NCc1cccc(Cn2ccnc2C)c1.I. The first-order valence-electron chi connectivity index (χ1n) is 9.80. The van der Waals surface area contributed by atoms with Gasteiger partial charge in [0, 0.05) is 39.1 Å². The summed E-state index contributed by atoms with van der Waals surface area (Å²) < 4.78 is 15.3. The van der Waals surface area contributed by atoms with Crippen LogP contribution in [0.4, 0.5) is 4.39 Å². The molecular weight excluding hydrogens is 492 g/mol. The molecule has 5 nitrogen and oxygen atoms in total. The van der Waals surface area contributed by atoms with Crippen molar-refractivity contribution in [3.05, 3.63) is 88.8 Å². The lowest BCUT2D eigenvalue weighted by atomic mass is 10.1. The highest BCUT2D eigenvalue weighted by atomic mass is 127. The van der Waals surface area contributed by atoms with E-state index in [0.29, 0.717) is 6.54 Å². The minimum atomic E-state index is -0.192. The van der Waals surface area contributed by atoms with E-state index in [-0.39, 0.29) is 29.8 Å². The molecule has 0 spiro atoms. The Labute approximate surface area is 194 Å². The van der Waals surface area contributed by atoms with E-state index in [0.717, 1.165) is 42.4 Å². The van der Waals surface area contributed by atoms with Crippen LogP contribution in [0.1, 0.15) is 28.1 Å². The molecule has 0 aliphatic rings. The van der Waals surface area contributed by atoms with Crippen LogP contribution in [-0.4, -0.2) is 29.1 Å². The second-order valence-corrected chi connectivity index (χ2v) is 7.10. The maximum Gasteiger partial charge on any atom is 0.191 e. The van der Waals surface area contributed by atoms with Crippen molar-refractivity contribution in [3.8, 4) is 0 Å². The molecule has 0 aliphatic heterocycles. The second kappa shape index (κ2) is 11.7. The lowest BCUT2D eigenvalue weighted by molar-refractivity contribution is 0.625. The van der Waals surface area contributed by atoms with Crippen molar-refractivity contribution >= 4 is 29.9 Å². The van der Waals surface area contributed by atoms with Crippen molar-refractivity contribution in [3.63, 3.8) is 0 Å². The highest BCUT2D eigenvalue weighted by molar-refractivity contribution is 14.0. The van der Waals surface area contributed by atoms with Gasteiger partial charge in [-0.15, -0.1) is 24.0 Å². The molecule has 0 aliphatic carbocycles. The number of aryl methyl sites for hydroxylation is 2. The molecule has 0 bridgehead atoms. The van der Waals surface area contributed by atoms with Crippen molar-refractivity contribution in [1.29, 1.82) is 0 Å². The van der Waals surface area contributed by atoms with Gasteiger partial charge in [-0.1, -0.05) is 30.3 Å². The van der Waals surface area contributed by atoms with Crippen LogP contribution in [0.3, 0.4) is 0 Å². The second-order valence-electron chi connectivity index (χ2n) is 7.10. The van der Waals surface area contributed by atoms with Gasteiger partial charge >= 0.3 is 0 Å². The van der Waals surface area contributed by atoms with Crippen LogP contribution in [-0.2, 0) is 19.5 Å². The minimum absolute atomic E-state index is 0. The van der Waals surface area contributed by atoms with Crippen LogP contribution in [0.25, 0.3) is 0 Å². The van der Waals surface area contributed by atoms with Gasteiger partial charge in [-0.3, -0.25) is 4.99 Å². The highest BCUT2D eigenvalue weighted by Gasteiger charge is 2.04. The molecule has 0 fully saturated rings. The summed E-state index contributed by atoms with van der Waals surface area (Å²) in [5.41, 5.74) is 4.54. The van der Waals surface area contributed by atoms with E-state index in [4.69, 9.17) is 0 Å². The molecule has 0 atom stereocenters. The zero-order valence-electron chi connectivity index (χ0n) is 17.7. The van der Waals surface area contributed by atoms with Crippen LogP contribution < -0.4 is 10.6 Å². The normalized spacial score (nSPS) is 11.1. The summed E-state index contributed by atoms with van der Waals surface area (Å²) in [6, 6.07) is 13.4. The molecule has 30 heavy (non-hydrogen) atoms. The zero-order valence-corrected chi connectivity index (χ0v) is 20.0. The summed E-state index contributed by atoms with van der Waals surface area (Å²) in [4.78, 5) is 8.56. The van der Waals surface area contributed by atoms with E-state index >= 15 is 0 Å². The van der Waals surface area contributed by atoms with Crippen LogP contribution in [0.15, 0.2) is 59.9 Å². The Bertz CT molecular complexity index is 983. The fourth-order valence-corrected chi connectivity index (χ4v) is 3.27. The number of aromatic nitrogens is 2. The third kappa shape index (κ3) is 6.83. The Morgan fingerprint density at radius 3 is 2.60 bits per heavy atom. The fourth-order valence-electron chi connectivity index (χ4n) is 3.27. The maximum atomic E-state index is 13.2. The standard InChI is InChI=1S/C23H28FN5.HI/c1-17-13-22(24)8-7-21(17)9-10-27-23(25-3)28-15-19-5-4-6-20(14-19)16-29-12-11-26-18(29)2;/h4-8,11-14H,9-10,15-16H2,1-3H3,(H2,25,27,28);1H. The lowest BCUT2D eigenvalue weighted by Gasteiger charge is -2.13. The molecule has 7 heteroatoms. The summed E-state index contributed by atoms with van der Waals surface area (Å²) in [7, 11) is 1.76. The number of nitrogens with zero attached hydrogens (tertiary/aromatic N) is 3. The summed E-state index contributed by atoms with van der Waals surface area (Å²) in [6.45, 7) is 6.17. The topological polar surface area (TPSA) is 54.2 Å². The number of nitrogens with one attached hydrogen (secondary N) is 2. The molecule has 0 saturated heterocycles. The molecule has 3 rings (SSSR count). The number of benzene rings is 2. The highest BCUT2D eigenvalue weighted by Crippen LogP contribution is 2.11. The first-order chi connectivity index (χ1) is 14.0. The third-order valence-electron chi connectivity index (χ3n) is 4.94. The van der Waals surface area contributed by atoms with E-state index in [1.54, 1.807) is 13.1 Å². The number of rotatable bonds is 7. The molecule has 2 N–H and O–H groups in total. The summed E-state index contributed by atoms with van der Waals surface area (Å²) in [5, 5.41) is 6.67. The van der Waals surface area contributed by atoms with Crippen LogP contribution >= 0.6 is 24.0 Å². The van der Waals surface area contributed by atoms with Crippen molar-refractivity contribution in [1.82, 2.24) is 20.2 Å². The van der Waals surface area contributed by atoms with Crippen molar-refractivity contribution in [2.75, 3.05) is 13.6 Å². The maximum absolute atomic E-state index is 13.2. The van der Waals surface area contributed by atoms with E-state index in [1.165, 1.54) is 17.2 Å². The molecule has 160 valence electrons. The zero-order chi connectivity index (χ0) is 20.6. The monoisotopic (exact) mass is 521 g/mol. The van der Waals surface area contributed by atoms with Gasteiger partial charge in [0.1, 0.15) is 11.6 Å². The summed E-state index contributed by atoms with van der Waals surface area (Å²) >= 11 is 0. The van der Waals surface area contributed by atoms with Crippen molar-refractivity contribution in [2.24, 2.45) is 4.99 Å². The Morgan fingerprint density at radius 2 is 1.90 bits per heavy atom. The Balaban J connectivity index is 0.00000320. The molecule has 2 aromatic carbocycles.